The first-order chi connectivity index (χ1) is 65.4. The Labute approximate surface area is 777 Å². The summed E-state index contributed by atoms with van der Waals surface area (Å²) in [6.45, 7) is 11.9. The van der Waals surface area contributed by atoms with Crippen LogP contribution in [0.3, 0.4) is 0 Å². The van der Waals surface area contributed by atoms with Gasteiger partial charge in [-0.15, -0.1) is 0 Å². The maximum Gasteiger partial charge on any atom is 0.301 e. The number of carbonyl (C=O) groups excluding carboxylic acids is 3. The fourth-order valence-corrected chi connectivity index (χ4v) is 17.3. The predicted molar refractivity (Wildman–Crippen MR) is 489 cm³/mol. The van der Waals surface area contributed by atoms with E-state index in [4.69, 9.17) is 33.7 Å². The minimum atomic E-state index is -3.38. The van der Waals surface area contributed by atoms with Gasteiger partial charge in [-0.2, -0.15) is 21.0 Å². The van der Waals surface area contributed by atoms with E-state index in [1.54, 1.807) is 85.3 Å². The number of carbonyl (C=O) groups is 3. The summed E-state index contributed by atoms with van der Waals surface area (Å²) in [6, 6.07) is 52.5. The third-order valence-electron chi connectivity index (χ3n) is 24.8. The second kappa shape index (κ2) is 44.5. The number of aromatic nitrogens is 6. The summed E-state index contributed by atoms with van der Waals surface area (Å²) in [5.41, 5.74) is 7.85. The Morgan fingerprint density at radius 1 is 0.481 bits per heavy atom. The molecule has 11 heterocycles. The van der Waals surface area contributed by atoms with Gasteiger partial charge in [-0.3, -0.25) is 24.2 Å². The first-order valence-corrected chi connectivity index (χ1v) is 44.8. The molecule has 0 spiro atoms. The van der Waals surface area contributed by atoms with Crippen LogP contribution in [0.2, 0.25) is 0 Å². The van der Waals surface area contributed by atoms with E-state index in [9.17, 15) is 73.3 Å². The van der Waals surface area contributed by atoms with Crippen LogP contribution in [-0.4, -0.2) is 321 Å². The molecule has 706 valence electrons. The third kappa shape index (κ3) is 23.8. The highest BCUT2D eigenvalue weighted by Crippen LogP contribution is 2.38. The molecular formula is C96H105F4N21O14. The standard InChI is InChI=1S/C33H37F2N7O5.C33H38FN7O5.C30H30FN7O4/c1-21(44)32(45)41-11-9-29(33(34,35)20-41)47-28-7-2-22(14-23(28)15-36)31-37-10-8-30(39-31)38-24-3-5-25(6-4-24)40-12-13-42(26(16-40)17-43)27-18-46-19-27;1-21(43)33(44)40-11-9-30(28(34)17-40)46-29-7-2-22(14-23(29)15-35)32-36-10-8-31(38-32)37-24-3-5-25(6-4-24)39-12-13-41(26(16-39)18-42)27-19-45-20-27;31-25-18-38(29(40)7-10-32)12-9-27(25)42-26-6-1-20(15-21(26)16-33)30-34-11-8-28(36-30)35-22-2-4-23(5-3-22)37-13-14-41-24(17-37)19-39/h2-8,10,14,21,26-27,29,43-44H,9,11-13,16-20H2,1H3,(H,37,38,39);2-8,10,14,21,26-28,30,42-43H,9,11-13,16-20H2,1H3,(H,36,37,38);1-6,8,11,15,24-25,27,39H,7,9,12-14,17-19H2,(H,34,35,36)/t21-,26+,29-;21-,26+,28+,30-;24-,25-,27+/m001/s1. The van der Waals surface area contributed by atoms with Gasteiger partial charge in [0.2, 0.25) is 5.91 Å². The molecule has 35 nitrogen and oxygen atoms in total. The van der Waals surface area contributed by atoms with E-state index in [2.05, 4.69) is 94.6 Å². The number of morpholine rings is 1. The molecule has 8 N–H and O–H groups in total. The number of likely N-dealkylation sites (tertiary alicyclic amines) is 3. The van der Waals surface area contributed by atoms with E-state index < -0.39 is 73.1 Å². The number of aliphatic hydroxyl groups excluding tert-OH is 5. The predicted octanol–water partition coefficient (Wildman–Crippen LogP) is 8.16. The van der Waals surface area contributed by atoms with Crippen LogP contribution in [0.15, 0.2) is 164 Å². The number of benzene rings is 6. The topological polar surface area (TPSA) is 442 Å². The Kier molecular flexibility index (Phi) is 31.7. The minimum Gasteiger partial charge on any atom is -0.486 e. The van der Waals surface area contributed by atoms with E-state index in [0.29, 0.717) is 76.9 Å². The quantitative estimate of drug-likeness (QED) is 0.0237. The smallest absolute Gasteiger partial charge is 0.301 e. The average Bonchev–Trinajstić information content (AvgIpc) is 0.544. The zero-order valence-corrected chi connectivity index (χ0v) is 74.4. The summed E-state index contributed by atoms with van der Waals surface area (Å²) >= 11 is 0. The first-order valence-electron chi connectivity index (χ1n) is 44.8. The monoisotopic (exact) mass is 1850 g/mol. The highest BCUT2D eigenvalue weighted by atomic mass is 19.3. The number of nitrogens with zero attached hydrogens (tertiary/aromatic N) is 18. The molecule has 8 aliphatic rings. The van der Waals surface area contributed by atoms with E-state index in [0.717, 1.165) is 111 Å². The summed E-state index contributed by atoms with van der Waals surface area (Å²) in [5.74, 6) is -1.78. The number of hydrogen-bond acceptors (Lipinski definition) is 32. The van der Waals surface area contributed by atoms with Crippen molar-refractivity contribution in [3.8, 4) is 75.7 Å². The van der Waals surface area contributed by atoms with Crippen molar-refractivity contribution in [1.29, 1.82) is 21.0 Å². The zero-order valence-electron chi connectivity index (χ0n) is 74.4. The number of anilines is 9. The van der Waals surface area contributed by atoms with Gasteiger partial charge in [0.1, 0.15) is 83.7 Å². The highest BCUT2D eigenvalue weighted by Gasteiger charge is 2.49. The van der Waals surface area contributed by atoms with Crippen LogP contribution in [-0.2, 0) is 28.6 Å². The van der Waals surface area contributed by atoms with Crippen molar-refractivity contribution in [3.05, 3.63) is 181 Å². The average molecular weight is 1850 g/mol. The molecule has 3 amide bonds. The number of piperidine rings is 3. The molecule has 6 aromatic carbocycles. The number of nitriles is 4. The highest BCUT2D eigenvalue weighted by molar-refractivity contribution is 5.81. The molecule has 9 aromatic rings. The number of hydrogen-bond donors (Lipinski definition) is 8. The van der Waals surface area contributed by atoms with Crippen molar-refractivity contribution in [2.75, 3.05) is 175 Å². The Balaban J connectivity index is 0.000000154. The Bertz CT molecular complexity index is 5770. The van der Waals surface area contributed by atoms with E-state index >= 15 is 0 Å². The number of amides is 3. The van der Waals surface area contributed by atoms with E-state index in [1.165, 1.54) is 35.8 Å². The van der Waals surface area contributed by atoms with Gasteiger partial charge in [-0.25, -0.2) is 47.5 Å². The Morgan fingerprint density at radius 3 is 1.24 bits per heavy atom. The fraction of sp³-hybridized carbons (Fsp3) is 0.427. The number of nitrogens with one attached hydrogen (secondary N) is 3. The third-order valence-corrected chi connectivity index (χ3v) is 24.8. The molecule has 0 unspecified atom stereocenters. The summed E-state index contributed by atoms with van der Waals surface area (Å²) in [6.07, 6.45) is -3.97. The number of rotatable bonds is 26. The number of aliphatic hydroxyl groups is 5. The summed E-state index contributed by atoms with van der Waals surface area (Å²) in [5, 5.41) is 96.3. The van der Waals surface area contributed by atoms with Crippen molar-refractivity contribution < 1.29 is 85.9 Å². The van der Waals surface area contributed by atoms with Crippen molar-refractivity contribution >= 4 is 69.3 Å². The molecule has 3 aromatic heterocycles. The van der Waals surface area contributed by atoms with E-state index in [-0.39, 0.29) is 130 Å². The number of ether oxygens (including phenoxy) is 6. The normalized spacial score (nSPS) is 21.9. The molecule has 8 saturated heterocycles. The van der Waals surface area contributed by atoms with Gasteiger partial charge in [0.25, 0.3) is 11.8 Å². The molecule has 8 aliphatic heterocycles. The summed E-state index contributed by atoms with van der Waals surface area (Å²) in [7, 11) is 0. The lowest BCUT2D eigenvalue weighted by atomic mass is 10.0. The first kappa shape index (κ1) is 96.0. The zero-order chi connectivity index (χ0) is 94.8. The van der Waals surface area contributed by atoms with E-state index in [1.807, 2.05) is 66.7 Å². The van der Waals surface area contributed by atoms with Crippen LogP contribution in [0.4, 0.5) is 69.1 Å². The maximum atomic E-state index is 14.9. The SMILES string of the molecule is C[C@H](O)C(=O)N1CC[C@H](Oc2ccc(-c3nccc(Nc4ccc(N5CCN(C6COC6)[C@@H](CO)C5)cc4)n3)cc2C#N)C(F)(F)C1.C[C@H](O)C(=O)N1CC[C@H](Oc2ccc(-c3nccc(Nc4ccc(N5CCN(C6COC6)[C@@H](CO)C5)cc4)n3)cc2C#N)[C@H](F)C1.N#CCC(=O)N1CC[C@H](Oc2ccc(-c3nccc(Nc4ccc(N5CCO[C@@H](CO)C5)cc4)n3)cc2C#N)[C@H](F)C1. The largest absolute Gasteiger partial charge is 0.486 e. The van der Waals surface area contributed by atoms with Gasteiger partial charge in [-0.05, 0) is 159 Å². The van der Waals surface area contributed by atoms with Gasteiger partial charge in [0, 0.05) is 161 Å². The molecule has 8 fully saturated rings. The second-order valence-electron chi connectivity index (χ2n) is 34.0. The van der Waals surface area contributed by atoms with Crippen molar-refractivity contribution in [1.82, 2.24) is 54.4 Å². The van der Waals surface area contributed by atoms with Crippen molar-refractivity contribution in [2.24, 2.45) is 0 Å². The maximum absolute atomic E-state index is 14.9. The molecule has 135 heavy (non-hydrogen) atoms. The van der Waals surface area contributed by atoms with Crippen LogP contribution < -0.4 is 44.9 Å². The van der Waals surface area contributed by atoms with Gasteiger partial charge in [-0.1, -0.05) is 0 Å². The van der Waals surface area contributed by atoms with Crippen LogP contribution >= 0.6 is 0 Å². The molecule has 0 aliphatic carbocycles. The molecule has 39 heteroatoms. The van der Waals surface area contributed by atoms with Crippen LogP contribution in [0, 0.1) is 45.3 Å². The number of piperazine rings is 2. The van der Waals surface area contributed by atoms with Gasteiger partial charge in [0.15, 0.2) is 35.9 Å². The van der Waals surface area contributed by atoms with Gasteiger partial charge < -0.3 is 99.3 Å². The molecule has 17 rings (SSSR count). The Morgan fingerprint density at radius 2 is 0.874 bits per heavy atom. The van der Waals surface area contributed by atoms with Crippen molar-refractivity contribution in [2.45, 2.75) is 119 Å². The van der Waals surface area contributed by atoms with Crippen LogP contribution in [0.25, 0.3) is 34.2 Å². The Hall–Kier alpha value is -13.6. The molecule has 0 saturated carbocycles. The lowest BCUT2D eigenvalue weighted by Crippen LogP contribution is -2.62. The van der Waals surface area contributed by atoms with Crippen LogP contribution in [0.1, 0.15) is 56.2 Å². The lowest BCUT2D eigenvalue weighted by Gasteiger charge is -2.47. The molecular weight excluding hydrogens is 1750 g/mol. The van der Waals surface area contributed by atoms with Gasteiger partial charge in [0.05, 0.1) is 126 Å². The molecule has 0 radical (unpaired) electrons. The molecule has 0 bridgehead atoms. The number of alkyl halides is 4. The van der Waals surface area contributed by atoms with Gasteiger partial charge >= 0.3 is 5.92 Å². The second-order valence-corrected chi connectivity index (χ2v) is 34.0. The number of halogens is 4. The fourth-order valence-electron chi connectivity index (χ4n) is 17.3. The minimum absolute atomic E-state index is 0.00192. The summed E-state index contributed by atoms with van der Waals surface area (Å²) < 4.78 is 93.1. The molecule has 10 atom stereocenters. The summed E-state index contributed by atoms with van der Waals surface area (Å²) in [4.78, 5) is 77.8. The lowest BCUT2D eigenvalue weighted by molar-refractivity contribution is -0.165. The van der Waals surface area contributed by atoms with Crippen LogP contribution in [0.5, 0.6) is 17.2 Å². The van der Waals surface area contributed by atoms with Crippen molar-refractivity contribution in [3.63, 3.8) is 0 Å².